The molecule has 1 aliphatic heterocycles. The molecule has 1 fully saturated rings. The highest BCUT2D eigenvalue weighted by atomic mass is 79.9. The summed E-state index contributed by atoms with van der Waals surface area (Å²) in [6.07, 6.45) is 0.768. The molecule has 7 heteroatoms. The van der Waals surface area contributed by atoms with E-state index < -0.39 is 5.97 Å². The van der Waals surface area contributed by atoms with Gasteiger partial charge in [0.05, 0.1) is 12.1 Å². The lowest BCUT2D eigenvalue weighted by Crippen LogP contribution is -2.36. The van der Waals surface area contributed by atoms with E-state index in [1.54, 1.807) is 23.1 Å². The van der Waals surface area contributed by atoms with Gasteiger partial charge in [0, 0.05) is 35.7 Å². The zero-order chi connectivity index (χ0) is 15.4. The summed E-state index contributed by atoms with van der Waals surface area (Å²) in [7, 11) is 0. The first-order chi connectivity index (χ1) is 9.97. The van der Waals surface area contributed by atoms with E-state index >= 15 is 0 Å². The summed E-state index contributed by atoms with van der Waals surface area (Å²) >= 11 is 9.24. The van der Waals surface area contributed by atoms with Gasteiger partial charge in [0.15, 0.2) is 0 Å². The third kappa shape index (κ3) is 4.43. The molecular weight excluding hydrogens is 360 g/mol. The molecule has 1 aromatic rings. The Labute approximate surface area is 136 Å². The summed E-state index contributed by atoms with van der Waals surface area (Å²) < 4.78 is 0.673. The van der Waals surface area contributed by atoms with Crippen molar-refractivity contribution in [2.45, 2.75) is 6.42 Å². The zero-order valence-corrected chi connectivity index (χ0v) is 13.7. The monoisotopic (exact) mass is 374 g/mol. The summed E-state index contributed by atoms with van der Waals surface area (Å²) in [4.78, 5) is 26.9. The number of carboxylic acids is 1. The second kappa shape index (κ2) is 7.24. The molecule has 0 spiro atoms. The van der Waals surface area contributed by atoms with Gasteiger partial charge in [0.2, 0.25) is 0 Å². The van der Waals surface area contributed by atoms with Crippen molar-refractivity contribution < 1.29 is 14.7 Å². The zero-order valence-electron chi connectivity index (χ0n) is 11.4. The topological polar surface area (TPSA) is 60.9 Å². The number of hydrogen-bond donors (Lipinski definition) is 1. The van der Waals surface area contributed by atoms with E-state index in [1.807, 2.05) is 4.90 Å². The maximum absolute atomic E-state index is 12.5. The molecule has 1 aliphatic rings. The van der Waals surface area contributed by atoms with Crippen LogP contribution in [0, 0.1) is 0 Å². The van der Waals surface area contributed by atoms with Crippen LogP contribution in [0.25, 0.3) is 0 Å². The average molecular weight is 376 g/mol. The van der Waals surface area contributed by atoms with Gasteiger partial charge in [-0.25, -0.2) is 0 Å². The van der Waals surface area contributed by atoms with E-state index in [0.29, 0.717) is 41.2 Å². The minimum absolute atomic E-state index is 0.0205. The summed E-state index contributed by atoms with van der Waals surface area (Å²) in [6.45, 7) is 2.44. The van der Waals surface area contributed by atoms with E-state index in [-0.39, 0.29) is 12.5 Å². The van der Waals surface area contributed by atoms with Gasteiger partial charge >= 0.3 is 5.97 Å². The fourth-order valence-electron chi connectivity index (χ4n) is 2.36. The highest BCUT2D eigenvalue weighted by Gasteiger charge is 2.22. The van der Waals surface area contributed by atoms with Crippen molar-refractivity contribution in [3.05, 3.63) is 33.3 Å². The first-order valence-corrected chi connectivity index (χ1v) is 7.83. The van der Waals surface area contributed by atoms with Crippen LogP contribution in [0.2, 0.25) is 5.02 Å². The number of carbonyl (C=O) groups is 2. The first-order valence-electron chi connectivity index (χ1n) is 6.66. The Hall–Kier alpha value is -1.11. The van der Waals surface area contributed by atoms with E-state index in [4.69, 9.17) is 16.7 Å². The lowest BCUT2D eigenvalue weighted by molar-refractivity contribution is -0.138. The van der Waals surface area contributed by atoms with Crippen LogP contribution >= 0.6 is 27.5 Å². The highest BCUT2D eigenvalue weighted by Crippen LogP contribution is 2.23. The molecule has 1 heterocycles. The van der Waals surface area contributed by atoms with Crippen molar-refractivity contribution in [1.82, 2.24) is 9.80 Å². The van der Waals surface area contributed by atoms with Crippen molar-refractivity contribution in [3.63, 3.8) is 0 Å². The van der Waals surface area contributed by atoms with Crippen molar-refractivity contribution in [1.29, 1.82) is 0 Å². The maximum atomic E-state index is 12.5. The Bertz CT molecular complexity index is 553. The van der Waals surface area contributed by atoms with Gasteiger partial charge in [-0.3, -0.25) is 14.5 Å². The van der Waals surface area contributed by atoms with Crippen LogP contribution in [0.5, 0.6) is 0 Å². The Kier molecular flexibility index (Phi) is 5.61. The molecule has 0 saturated carbocycles. The van der Waals surface area contributed by atoms with Crippen molar-refractivity contribution in [2.75, 3.05) is 32.7 Å². The molecule has 0 radical (unpaired) electrons. The molecule has 21 heavy (non-hydrogen) atoms. The Morgan fingerprint density at radius 1 is 1.24 bits per heavy atom. The van der Waals surface area contributed by atoms with Gasteiger partial charge in [-0.2, -0.15) is 0 Å². The molecule has 0 aromatic heterocycles. The lowest BCUT2D eigenvalue weighted by atomic mass is 10.2. The largest absolute Gasteiger partial charge is 0.480 e. The Morgan fingerprint density at radius 3 is 2.67 bits per heavy atom. The maximum Gasteiger partial charge on any atom is 0.317 e. The summed E-state index contributed by atoms with van der Waals surface area (Å²) in [5, 5.41) is 9.40. The minimum atomic E-state index is -0.838. The molecule has 0 bridgehead atoms. The standard InChI is InChI=1S/C14H16BrClN2O3/c15-12-8-10(16)2-3-11(12)14(21)18-5-1-4-17(6-7-18)9-13(19)20/h2-3,8H,1,4-7,9H2,(H,19,20). The second-order valence-corrected chi connectivity index (χ2v) is 6.23. The molecule has 1 aromatic carbocycles. The molecule has 0 atom stereocenters. The Morgan fingerprint density at radius 2 is 2.00 bits per heavy atom. The number of carbonyl (C=O) groups excluding carboxylic acids is 1. The van der Waals surface area contributed by atoms with Crippen molar-refractivity contribution in [2.24, 2.45) is 0 Å². The number of halogens is 2. The number of carboxylic acid groups (broad SMARTS) is 1. The van der Waals surface area contributed by atoms with Gasteiger partial charge in [-0.1, -0.05) is 11.6 Å². The van der Waals surface area contributed by atoms with Gasteiger partial charge in [-0.15, -0.1) is 0 Å². The summed E-state index contributed by atoms with van der Waals surface area (Å²) in [5.41, 5.74) is 0.575. The van der Waals surface area contributed by atoms with Gasteiger partial charge in [0.1, 0.15) is 0 Å². The highest BCUT2D eigenvalue weighted by molar-refractivity contribution is 9.10. The molecule has 0 unspecified atom stereocenters. The van der Waals surface area contributed by atoms with Crippen molar-refractivity contribution in [3.8, 4) is 0 Å². The SMILES string of the molecule is O=C(O)CN1CCCN(C(=O)c2ccc(Cl)cc2Br)CC1. The number of benzene rings is 1. The third-order valence-electron chi connectivity index (χ3n) is 3.40. The average Bonchev–Trinajstić information content (AvgIpc) is 2.63. The number of amides is 1. The number of aliphatic carboxylic acids is 1. The molecule has 1 amide bonds. The molecule has 5 nitrogen and oxygen atoms in total. The minimum Gasteiger partial charge on any atom is -0.480 e. The molecule has 1 saturated heterocycles. The fraction of sp³-hybridized carbons (Fsp3) is 0.429. The molecule has 2 rings (SSSR count). The van der Waals surface area contributed by atoms with E-state index in [0.717, 1.165) is 6.42 Å². The summed E-state index contributed by atoms with van der Waals surface area (Å²) in [5.74, 6) is -0.897. The molecule has 0 aliphatic carbocycles. The third-order valence-corrected chi connectivity index (χ3v) is 4.29. The number of hydrogen-bond acceptors (Lipinski definition) is 3. The molecule has 114 valence electrons. The normalized spacial score (nSPS) is 16.6. The van der Waals surface area contributed by atoms with Crippen LogP contribution in [0.4, 0.5) is 0 Å². The first kappa shape index (κ1) is 16.3. The van der Waals surface area contributed by atoms with E-state index in [9.17, 15) is 9.59 Å². The van der Waals surface area contributed by atoms with Gasteiger partial charge in [0.25, 0.3) is 5.91 Å². The fourth-order valence-corrected chi connectivity index (χ4v) is 3.21. The molecular formula is C14H16BrClN2O3. The predicted molar refractivity (Wildman–Crippen MR) is 83.7 cm³/mol. The number of rotatable bonds is 3. The van der Waals surface area contributed by atoms with E-state index in [2.05, 4.69) is 15.9 Å². The van der Waals surface area contributed by atoms with Crippen molar-refractivity contribution >= 4 is 39.4 Å². The Balaban J connectivity index is 2.04. The van der Waals surface area contributed by atoms with Crippen LogP contribution in [0.15, 0.2) is 22.7 Å². The van der Waals surface area contributed by atoms with Crippen LogP contribution in [0.1, 0.15) is 16.8 Å². The smallest absolute Gasteiger partial charge is 0.317 e. The second-order valence-electron chi connectivity index (χ2n) is 4.94. The van der Waals surface area contributed by atoms with Gasteiger partial charge < -0.3 is 10.0 Å². The van der Waals surface area contributed by atoms with Crippen LogP contribution in [0.3, 0.4) is 0 Å². The lowest BCUT2D eigenvalue weighted by Gasteiger charge is -2.21. The van der Waals surface area contributed by atoms with Gasteiger partial charge in [-0.05, 0) is 40.5 Å². The van der Waals surface area contributed by atoms with E-state index in [1.165, 1.54) is 0 Å². The summed E-state index contributed by atoms with van der Waals surface area (Å²) in [6, 6.07) is 5.09. The quantitative estimate of drug-likeness (QED) is 0.881. The van der Waals surface area contributed by atoms with Crippen LogP contribution in [-0.4, -0.2) is 59.5 Å². The number of nitrogens with zero attached hydrogens (tertiary/aromatic N) is 2. The van der Waals surface area contributed by atoms with Crippen LogP contribution in [-0.2, 0) is 4.79 Å². The van der Waals surface area contributed by atoms with Crippen LogP contribution < -0.4 is 0 Å². The molecule has 1 N–H and O–H groups in total. The predicted octanol–water partition coefficient (Wildman–Crippen LogP) is 2.33.